The van der Waals surface area contributed by atoms with Crippen LogP contribution in [0.3, 0.4) is 0 Å². The lowest BCUT2D eigenvalue weighted by Gasteiger charge is -2.39. The molecular weight excluding hydrogens is 420 g/mol. The molecule has 1 N–H and O–H groups in total. The molecule has 2 fully saturated rings. The highest BCUT2D eigenvalue weighted by atomic mass is 16.5. The quantitative estimate of drug-likeness (QED) is 0.501. The highest BCUT2D eigenvalue weighted by Crippen LogP contribution is 2.44. The van der Waals surface area contributed by atoms with Gasteiger partial charge in [-0.15, -0.1) is 0 Å². The fourth-order valence-corrected chi connectivity index (χ4v) is 6.48. The minimum Gasteiger partial charge on any atom is -0.449 e. The van der Waals surface area contributed by atoms with Crippen LogP contribution in [0.25, 0.3) is 11.1 Å². The van der Waals surface area contributed by atoms with Crippen LogP contribution in [0.15, 0.2) is 78.9 Å². The van der Waals surface area contributed by atoms with Crippen LogP contribution in [0.4, 0.5) is 4.79 Å². The molecule has 3 aliphatic rings. The molecular formula is C30H32N2O2. The van der Waals surface area contributed by atoms with Crippen molar-refractivity contribution in [3.8, 4) is 11.1 Å². The molecule has 34 heavy (non-hydrogen) atoms. The predicted octanol–water partition coefficient (Wildman–Crippen LogP) is 5.97. The third kappa shape index (κ3) is 4.12. The van der Waals surface area contributed by atoms with E-state index >= 15 is 0 Å². The van der Waals surface area contributed by atoms with Gasteiger partial charge in [0, 0.05) is 31.1 Å². The van der Waals surface area contributed by atoms with Gasteiger partial charge in [0.25, 0.3) is 0 Å². The van der Waals surface area contributed by atoms with Crippen molar-refractivity contribution in [3.05, 3.63) is 95.6 Å². The van der Waals surface area contributed by atoms with Crippen LogP contribution in [0, 0.1) is 5.92 Å². The van der Waals surface area contributed by atoms with E-state index in [0.29, 0.717) is 31.2 Å². The summed E-state index contributed by atoms with van der Waals surface area (Å²) >= 11 is 0. The summed E-state index contributed by atoms with van der Waals surface area (Å²) in [6.45, 7) is 2.13. The standard InChI is InChI=1S/C30H32N2O2/c33-30(34-20-29-27-12-6-4-10-25(27)26-11-5-7-13-28(26)29)31-18-22-16-23-14-15-24(17-22)32(23)19-21-8-2-1-3-9-21/h1-13,22-24,29H,14-20H2,(H,31,33). The number of hydrogen-bond acceptors (Lipinski definition) is 3. The molecule has 0 aromatic heterocycles. The Labute approximate surface area is 201 Å². The number of nitrogens with one attached hydrogen (secondary N) is 1. The second-order valence-electron chi connectivity index (χ2n) is 10.1. The Morgan fingerprint density at radius 3 is 2.06 bits per heavy atom. The molecule has 1 amide bonds. The van der Waals surface area contributed by atoms with Crippen LogP contribution in [0.1, 0.15) is 48.3 Å². The Bertz CT molecular complexity index is 1100. The summed E-state index contributed by atoms with van der Waals surface area (Å²) in [5.74, 6) is 0.639. The third-order valence-electron chi connectivity index (χ3n) is 8.07. The fourth-order valence-electron chi connectivity index (χ4n) is 6.48. The van der Waals surface area contributed by atoms with Crippen LogP contribution in [-0.2, 0) is 11.3 Å². The van der Waals surface area contributed by atoms with Crippen LogP contribution < -0.4 is 5.32 Å². The van der Waals surface area contributed by atoms with Crippen molar-refractivity contribution in [3.63, 3.8) is 0 Å². The Balaban J connectivity index is 1.02. The first-order valence-electron chi connectivity index (χ1n) is 12.6. The first kappa shape index (κ1) is 21.4. The minimum absolute atomic E-state index is 0.107. The number of piperidine rings is 1. The van der Waals surface area contributed by atoms with Crippen molar-refractivity contribution in [1.82, 2.24) is 10.2 Å². The molecule has 4 nitrogen and oxygen atoms in total. The van der Waals surface area contributed by atoms with Gasteiger partial charge in [0.15, 0.2) is 0 Å². The zero-order valence-corrected chi connectivity index (χ0v) is 19.5. The number of amides is 1. The van der Waals surface area contributed by atoms with E-state index < -0.39 is 0 Å². The first-order valence-corrected chi connectivity index (χ1v) is 12.6. The number of carbonyl (C=O) groups is 1. The van der Waals surface area contributed by atoms with Gasteiger partial charge >= 0.3 is 6.09 Å². The van der Waals surface area contributed by atoms with Gasteiger partial charge in [-0.2, -0.15) is 0 Å². The summed E-state index contributed by atoms with van der Waals surface area (Å²) in [7, 11) is 0. The van der Waals surface area contributed by atoms with Crippen LogP contribution in [0.2, 0.25) is 0 Å². The second-order valence-corrected chi connectivity index (χ2v) is 10.1. The number of carbonyl (C=O) groups excluding carboxylic acids is 1. The molecule has 1 aliphatic carbocycles. The van der Waals surface area contributed by atoms with Gasteiger partial charge in [0.05, 0.1) is 0 Å². The van der Waals surface area contributed by atoms with Gasteiger partial charge in [-0.3, -0.25) is 4.90 Å². The summed E-state index contributed by atoms with van der Waals surface area (Å²) in [5, 5.41) is 3.08. The highest BCUT2D eigenvalue weighted by Gasteiger charge is 2.40. The zero-order valence-electron chi connectivity index (χ0n) is 19.5. The van der Waals surface area contributed by atoms with E-state index in [-0.39, 0.29) is 12.0 Å². The number of benzene rings is 3. The molecule has 3 aromatic carbocycles. The molecule has 2 aliphatic heterocycles. The van der Waals surface area contributed by atoms with E-state index in [1.807, 2.05) is 0 Å². The van der Waals surface area contributed by atoms with Crippen molar-refractivity contribution >= 4 is 6.09 Å². The molecule has 2 saturated heterocycles. The molecule has 0 spiro atoms. The van der Waals surface area contributed by atoms with Gasteiger partial charge in [0.1, 0.15) is 6.61 Å². The van der Waals surface area contributed by atoms with Crippen molar-refractivity contribution < 1.29 is 9.53 Å². The van der Waals surface area contributed by atoms with E-state index in [4.69, 9.17) is 4.74 Å². The maximum absolute atomic E-state index is 12.6. The average Bonchev–Trinajstić information content (AvgIpc) is 3.31. The molecule has 0 saturated carbocycles. The van der Waals surface area contributed by atoms with Gasteiger partial charge in [-0.25, -0.2) is 4.79 Å². The maximum Gasteiger partial charge on any atom is 0.407 e. The smallest absolute Gasteiger partial charge is 0.407 e. The number of fused-ring (bicyclic) bond motifs is 5. The third-order valence-corrected chi connectivity index (χ3v) is 8.07. The van der Waals surface area contributed by atoms with Crippen LogP contribution >= 0.6 is 0 Å². The average molecular weight is 453 g/mol. The zero-order chi connectivity index (χ0) is 22.9. The molecule has 2 unspecified atom stereocenters. The minimum atomic E-state index is -0.291. The molecule has 2 heterocycles. The van der Waals surface area contributed by atoms with Crippen LogP contribution in [0.5, 0.6) is 0 Å². The monoisotopic (exact) mass is 452 g/mol. The Morgan fingerprint density at radius 2 is 1.41 bits per heavy atom. The number of nitrogens with zero attached hydrogens (tertiary/aromatic N) is 1. The van der Waals surface area contributed by atoms with Crippen molar-refractivity contribution in [2.75, 3.05) is 13.2 Å². The van der Waals surface area contributed by atoms with Gasteiger partial charge in [-0.05, 0) is 59.4 Å². The Kier molecular flexibility index (Phi) is 5.84. The number of rotatable bonds is 6. The lowest BCUT2D eigenvalue weighted by Crippen LogP contribution is -2.45. The van der Waals surface area contributed by atoms with Crippen LogP contribution in [-0.4, -0.2) is 36.2 Å². The lowest BCUT2D eigenvalue weighted by molar-refractivity contribution is 0.0924. The molecule has 4 heteroatoms. The summed E-state index contributed by atoms with van der Waals surface area (Å²) in [6, 6.07) is 29.0. The normalized spacial score (nSPS) is 23.4. The predicted molar refractivity (Wildman–Crippen MR) is 135 cm³/mol. The number of ether oxygens (including phenoxy) is 1. The molecule has 2 bridgehead atoms. The summed E-state index contributed by atoms with van der Waals surface area (Å²) in [6.07, 6.45) is 4.58. The fraction of sp³-hybridized carbons (Fsp3) is 0.367. The topological polar surface area (TPSA) is 41.6 Å². The van der Waals surface area contributed by atoms with E-state index in [9.17, 15) is 4.79 Å². The first-order chi connectivity index (χ1) is 16.8. The number of alkyl carbamates (subject to hydrolysis) is 1. The van der Waals surface area contributed by atoms with Gasteiger partial charge in [-0.1, -0.05) is 78.9 Å². The summed E-state index contributed by atoms with van der Waals surface area (Å²) in [4.78, 5) is 15.3. The largest absolute Gasteiger partial charge is 0.449 e. The lowest BCUT2D eigenvalue weighted by atomic mass is 9.90. The maximum atomic E-state index is 12.6. The SMILES string of the molecule is O=C(NCC1CC2CCC(C1)N2Cc1ccccc1)OCC1c2ccccc2-c2ccccc21. The molecule has 174 valence electrons. The second kappa shape index (κ2) is 9.27. The van der Waals surface area contributed by atoms with E-state index in [0.717, 1.165) is 19.4 Å². The molecule has 2 atom stereocenters. The number of hydrogen-bond donors (Lipinski definition) is 1. The van der Waals surface area contributed by atoms with E-state index in [2.05, 4.69) is 89.1 Å². The summed E-state index contributed by atoms with van der Waals surface area (Å²) in [5.41, 5.74) is 6.40. The van der Waals surface area contributed by atoms with Crippen molar-refractivity contribution in [1.29, 1.82) is 0 Å². The highest BCUT2D eigenvalue weighted by molar-refractivity contribution is 5.79. The molecule has 3 aromatic rings. The Morgan fingerprint density at radius 1 is 0.824 bits per heavy atom. The molecule has 6 rings (SSSR count). The van der Waals surface area contributed by atoms with Crippen molar-refractivity contribution in [2.24, 2.45) is 5.92 Å². The van der Waals surface area contributed by atoms with E-state index in [1.54, 1.807) is 0 Å². The van der Waals surface area contributed by atoms with Gasteiger partial charge in [0.2, 0.25) is 0 Å². The van der Waals surface area contributed by atoms with Gasteiger partial charge < -0.3 is 10.1 Å². The molecule has 0 radical (unpaired) electrons. The van der Waals surface area contributed by atoms with E-state index in [1.165, 1.54) is 40.7 Å². The van der Waals surface area contributed by atoms with Crippen molar-refractivity contribution in [2.45, 2.75) is 50.2 Å². The Hall–Kier alpha value is -3.11. The summed E-state index contributed by atoms with van der Waals surface area (Å²) < 4.78 is 5.74.